The van der Waals surface area contributed by atoms with Crippen LogP contribution in [0.3, 0.4) is 0 Å². The SMILES string of the molecule is C/C=C/CCCC[C@@]1(O)[C@H](C)C(=O)N2CCC[C@@]21CO. The summed E-state index contributed by atoms with van der Waals surface area (Å²) in [5.41, 5.74) is -1.81. The lowest BCUT2D eigenvalue weighted by Gasteiger charge is -2.42. The predicted molar refractivity (Wildman–Crippen MR) is 78.2 cm³/mol. The molecule has 2 heterocycles. The smallest absolute Gasteiger partial charge is 0.229 e. The number of carbonyl (C=O) groups is 1. The van der Waals surface area contributed by atoms with Gasteiger partial charge in [0.15, 0.2) is 0 Å². The molecule has 0 radical (unpaired) electrons. The number of hydrogen-bond acceptors (Lipinski definition) is 3. The van der Waals surface area contributed by atoms with Crippen LogP contribution >= 0.6 is 0 Å². The first-order valence-electron chi connectivity index (χ1n) is 7.79. The zero-order chi connectivity index (χ0) is 14.8. The Hall–Kier alpha value is -0.870. The molecule has 3 atom stereocenters. The van der Waals surface area contributed by atoms with E-state index in [0.29, 0.717) is 19.4 Å². The number of unbranched alkanes of at least 4 members (excludes halogenated alkanes) is 2. The van der Waals surface area contributed by atoms with E-state index in [4.69, 9.17) is 0 Å². The van der Waals surface area contributed by atoms with Gasteiger partial charge >= 0.3 is 0 Å². The van der Waals surface area contributed by atoms with Crippen molar-refractivity contribution in [3.63, 3.8) is 0 Å². The molecule has 0 aliphatic carbocycles. The molecule has 2 N–H and O–H groups in total. The largest absolute Gasteiger partial charge is 0.394 e. The first-order chi connectivity index (χ1) is 9.53. The molecule has 0 aromatic rings. The molecule has 20 heavy (non-hydrogen) atoms. The molecule has 2 aliphatic rings. The van der Waals surface area contributed by atoms with Gasteiger partial charge in [-0.25, -0.2) is 0 Å². The fourth-order valence-electron chi connectivity index (χ4n) is 4.06. The minimum Gasteiger partial charge on any atom is -0.394 e. The van der Waals surface area contributed by atoms with E-state index in [-0.39, 0.29) is 12.5 Å². The van der Waals surface area contributed by atoms with Gasteiger partial charge in [0.2, 0.25) is 5.91 Å². The number of aliphatic hydroxyl groups excluding tert-OH is 1. The van der Waals surface area contributed by atoms with Crippen molar-refractivity contribution in [1.29, 1.82) is 0 Å². The summed E-state index contributed by atoms with van der Waals surface area (Å²) in [5, 5.41) is 21.0. The normalized spacial score (nSPS) is 37.1. The van der Waals surface area contributed by atoms with E-state index in [0.717, 1.165) is 25.7 Å². The maximum atomic E-state index is 12.3. The van der Waals surface area contributed by atoms with Gasteiger partial charge in [0.05, 0.1) is 18.1 Å². The van der Waals surface area contributed by atoms with Gasteiger partial charge in [-0.2, -0.15) is 0 Å². The van der Waals surface area contributed by atoms with E-state index in [1.54, 1.807) is 4.90 Å². The van der Waals surface area contributed by atoms with E-state index in [9.17, 15) is 15.0 Å². The van der Waals surface area contributed by atoms with Crippen molar-refractivity contribution in [3.05, 3.63) is 12.2 Å². The summed E-state index contributed by atoms with van der Waals surface area (Å²) in [7, 11) is 0. The van der Waals surface area contributed by atoms with Crippen LogP contribution in [0.15, 0.2) is 12.2 Å². The van der Waals surface area contributed by atoms with E-state index in [1.807, 2.05) is 19.9 Å². The van der Waals surface area contributed by atoms with Crippen LogP contribution in [-0.2, 0) is 4.79 Å². The summed E-state index contributed by atoms with van der Waals surface area (Å²) in [6.07, 6.45) is 9.23. The highest BCUT2D eigenvalue weighted by Crippen LogP contribution is 2.51. The molecule has 0 unspecified atom stereocenters. The van der Waals surface area contributed by atoms with E-state index in [2.05, 4.69) is 6.08 Å². The highest BCUT2D eigenvalue weighted by Gasteiger charge is 2.66. The number of fused-ring (bicyclic) bond motifs is 1. The number of hydrogen-bond donors (Lipinski definition) is 2. The van der Waals surface area contributed by atoms with Crippen molar-refractivity contribution in [1.82, 2.24) is 4.90 Å². The van der Waals surface area contributed by atoms with Crippen LogP contribution in [0.2, 0.25) is 0 Å². The molecule has 0 bridgehead atoms. The predicted octanol–water partition coefficient (Wildman–Crippen LogP) is 1.86. The third kappa shape index (κ3) is 2.09. The molecule has 1 amide bonds. The zero-order valence-electron chi connectivity index (χ0n) is 12.6. The lowest BCUT2D eigenvalue weighted by molar-refractivity contribution is -0.132. The molecule has 0 aromatic heterocycles. The first kappa shape index (κ1) is 15.5. The number of rotatable bonds is 6. The van der Waals surface area contributed by atoms with Crippen molar-refractivity contribution >= 4 is 5.91 Å². The molecule has 2 fully saturated rings. The van der Waals surface area contributed by atoms with Gasteiger partial charge in [0.25, 0.3) is 0 Å². The van der Waals surface area contributed by atoms with Crippen molar-refractivity contribution in [2.24, 2.45) is 5.92 Å². The van der Waals surface area contributed by atoms with Crippen LogP contribution in [0.25, 0.3) is 0 Å². The van der Waals surface area contributed by atoms with Crippen LogP contribution in [0, 0.1) is 5.92 Å². The summed E-state index contributed by atoms with van der Waals surface area (Å²) < 4.78 is 0. The zero-order valence-corrected chi connectivity index (χ0v) is 12.6. The van der Waals surface area contributed by atoms with Crippen molar-refractivity contribution in [2.45, 2.75) is 63.5 Å². The van der Waals surface area contributed by atoms with Crippen LogP contribution < -0.4 is 0 Å². The van der Waals surface area contributed by atoms with Crippen molar-refractivity contribution in [2.75, 3.05) is 13.2 Å². The highest BCUT2D eigenvalue weighted by atomic mass is 16.3. The molecule has 0 spiro atoms. The number of amides is 1. The quantitative estimate of drug-likeness (QED) is 0.577. The Kier molecular flexibility index (Phi) is 4.55. The van der Waals surface area contributed by atoms with Crippen LogP contribution in [-0.4, -0.2) is 45.3 Å². The molecule has 2 rings (SSSR count). The molecule has 4 nitrogen and oxygen atoms in total. The Morgan fingerprint density at radius 2 is 2.20 bits per heavy atom. The minimum absolute atomic E-state index is 0.00695. The van der Waals surface area contributed by atoms with Crippen LogP contribution in [0.1, 0.15) is 52.4 Å². The summed E-state index contributed by atoms with van der Waals surface area (Å²) in [4.78, 5) is 14.1. The monoisotopic (exact) mass is 281 g/mol. The van der Waals surface area contributed by atoms with Gasteiger partial charge in [-0.15, -0.1) is 0 Å². The summed E-state index contributed by atoms with van der Waals surface area (Å²) in [6.45, 7) is 4.35. The summed E-state index contributed by atoms with van der Waals surface area (Å²) >= 11 is 0. The van der Waals surface area contributed by atoms with E-state index in [1.165, 1.54) is 0 Å². The van der Waals surface area contributed by atoms with Gasteiger partial charge in [0.1, 0.15) is 5.60 Å². The Labute approximate surface area is 121 Å². The van der Waals surface area contributed by atoms with Crippen molar-refractivity contribution < 1.29 is 15.0 Å². The number of allylic oxidation sites excluding steroid dienone is 2. The second-order valence-corrected chi connectivity index (χ2v) is 6.24. The molecular formula is C16H27NO3. The molecule has 2 saturated heterocycles. The lowest BCUT2D eigenvalue weighted by atomic mass is 9.72. The van der Waals surface area contributed by atoms with Gasteiger partial charge < -0.3 is 15.1 Å². The van der Waals surface area contributed by atoms with Gasteiger partial charge in [0, 0.05) is 6.54 Å². The Balaban J connectivity index is 2.12. The van der Waals surface area contributed by atoms with Crippen LogP contribution in [0.5, 0.6) is 0 Å². The molecule has 114 valence electrons. The van der Waals surface area contributed by atoms with Gasteiger partial charge in [-0.05, 0) is 39.0 Å². The van der Waals surface area contributed by atoms with Crippen LogP contribution in [0.4, 0.5) is 0 Å². The molecular weight excluding hydrogens is 254 g/mol. The van der Waals surface area contributed by atoms with Gasteiger partial charge in [-0.1, -0.05) is 25.5 Å². The third-order valence-electron chi connectivity index (χ3n) is 5.32. The number of aliphatic hydroxyl groups is 2. The summed E-state index contributed by atoms with van der Waals surface area (Å²) in [5.74, 6) is -0.399. The van der Waals surface area contributed by atoms with Gasteiger partial charge in [-0.3, -0.25) is 4.79 Å². The molecule has 2 aliphatic heterocycles. The Morgan fingerprint density at radius 3 is 2.85 bits per heavy atom. The molecule has 4 heteroatoms. The second kappa shape index (κ2) is 5.86. The fourth-order valence-corrected chi connectivity index (χ4v) is 4.06. The molecule has 0 aromatic carbocycles. The first-order valence-corrected chi connectivity index (χ1v) is 7.79. The second-order valence-electron chi connectivity index (χ2n) is 6.24. The van der Waals surface area contributed by atoms with Crippen molar-refractivity contribution in [3.8, 4) is 0 Å². The average Bonchev–Trinajstić information content (AvgIpc) is 2.95. The number of carbonyl (C=O) groups excluding carboxylic acids is 1. The maximum absolute atomic E-state index is 12.3. The van der Waals surface area contributed by atoms with E-state index < -0.39 is 17.1 Å². The topological polar surface area (TPSA) is 60.8 Å². The maximum Gasteiger partial charge on any atom is 0.229 e. The average molecular weight is 281 g/mol. The third-order valence-corrected chi connectivity index (χ3v) is 5.32. The Bertz CT molecular complexity index is 395. The number of nitrogens with zero attached hydrogens (tertiary/aromatic N) is 1. The highest BCUT2D eigenvalue weighted by molar-refractivity contribution is 5.85. The lowest BCUT2D eigenvalue weighted by Crippen LogP contribution is -2.59. The fraction of sp³-hybridized carbons (Fsp3) is 0.812. The van der Waals surface area contributed by atoms with E-state index >= 15 is 0 Å². The standard InChI is InChI=1S/C16H27NO3/c1-3-4-5-6-7-10-16(20)13(2)14(19)17-11-8-9-15(16,17)12-18/h3-4,13,18,20H,5-12H2,1-2H3/b4-3+/t13-,15+,16-/m1/s1. The minimum atomic E-state index is -1.08. The summed E-state index contributed by atoms with van der Waals surface area (Å²) in [6, 6.07) is 0. The Morgan fingerprint density at radius 1 is 1.45 bits per heavy atom. The molecule has 0 saturated carbocycles.